The molecule has 0 radical (unpaired) electrons. The fourth-order valence-corrected chi connectivity index (χ4v) is 4.12. The number of aryl methyl sites for hydroxylation is 1. The number of nitrogens with zero attached hydrogens (tertiary/aromatic N) is 1. The molecule has 104 valence electrons. The van der Waals surface area contributed by atoms with Crippen molar-refractivity contribution in [1.82, 2.24) is 4.31 Å². The monoisotopic (exact) mass is 302 g/mol. The smallest absolute Gasteiger partial charge is 0.243 e. The second-order valence-electron chi connectivity index (χ2n) is 4.59. The predicted octanol–water partition coefficient (Wildman–Crippen LogP) is 1.29. The first-order valence-electron chi connectivity index (χ1n) is 5.91. The highest BCUT2D eigenvalue weighted by Crippen LogP contribution is 2.28. The van der Waals surface area contributed by atoms with Crippen molar-refractivity contribution < 1.29 is 13.2 Å². The first kappa shape index (κ1) is 14.3. The molecule has 1 aromatic carbocycles. The lowest BCUT2D eigenvalue weighted by molar-refractivity contribution is -0.121. The molecule has 1 unspecified atom stereocenters. The summed E-state index contributed by atoms with van der Waals surface area (Å²) in [6.07, 6.45) is 1.10. The van der Waals surface area contributed by atoms with Gasteiger partial charge in [0, 0.05) is 11.6 Å². The minimum atomic E-state index is -3.72. The summed E-state index contributed by atoms with van der Waals surface area (Å²) in [4.78, 5) is 11.4. The van der Waals surface area contributed by atoms with Crippen LogP contribution in [0.15, 0.2) is 23.1 Å². The van der Waals surface area contributed by atoms with Crippen molar-refractivity contribution in [2.75, 3.05) is 6.54 Å². The minimum absolute atomic E-state index is 0.0938. The molecular weight excluding hydrogens is 288 g/mol. The van der Waals surface area contributed by atoms with Gasteiger partial charge >= 0.3 is 0 Å². The highest BCUT2D eigenvalue weighted by molar-refractivity contribution is 7.89. The van der Waals surface area contributed by atoms with E-state index in [1.807, 2.05) is 0 Å². The van der Waals surface area contributed by atoms with Crippen molar-refractivity contribution in [2.45, 2.75) is 30.7 Å². The first-order chi connectivity index (χ1) is 8.84. The second-order valence-corrected chi connectivity index (χ2v) is 6.88. The summed E-state index contributed by atoms with van der Waals surface area (Å²) < 4.78 is 26.1. The van der Waals surface area contributed by atoms with Crippen LogP contribution >= 0.6 is 11.6 Å². The maximum Gasteiger partial charge on any atom is 0.243 e. The van der Waals surface area contributed by atoms with E-state index in [9.17, 15) is 13.2 Å². The molecular formula is C12H15ClN2O3S. The number of hydrogen-bond donors (Lipinski definition) is 1. The Morgan fingerprint density at radius 2 is 2.16 bits per heavy atom. The van der Waals surface area contributed by atoms with E-state index >= 15 is 0 Å². The molecule has 1 amide bonds. The molecule has 0 bridgehead atoms. The summed E-state index contributed by atoms with van der Waals surface area (Å²) in [5, 5.41) is 0.385. The predicted molar refractivity (Wildman–Crippen MR) is 72.3 cm³/mol. The van der Waals surface area contributed by atoms with Gasteiger partial charge in [0.25, 0.3) is 0 Å². The van der Waals surface area contributed by atoms with Crippen LogP contribution < -0.4 is 5.73 Å². The highest BCUT2D eigenvalue weighted by atomic mass is 35.5. The third kappa shape index (κ3) is 2.61. The van der Waals surface area contributed by atoms with Gasteiger partial charge < -0.3 is 5.73 Å². The SMILES string of the molecule is Cc1ccc(S(=O)(=O)N2CCCC2C(N)=O)cc1Cl. The molecule has 0 aliphatic carbocycles. The summed E-state index contributed by atoms with van der Waals surface area (Å²) in [7, 11) is -3.72. The Balaban J connectivity index is 2.42. The van der Waals surface area contributed by atoms with Crippen molar-refractivity contribution in [2.24, 2.45) is 5.73 Å². The van der Waals surface area contributed by atoms with Gasteiger partial charge in [-0.05, 0) is 37.5 Å². The van der Waals surface area contributed by atoms with Crippen LogP contribution in [-0.4, -0.2) is 31.2 Å². The Bertz CT molecular complexity index is 615. The van der Waals surface area contributed by atoms with Gasteiger partial charge in [0.2, 0.25) is 15.9 Å². The Morgan fingerprint density at radius 3 is 2.74 bits per heavy atom. The number of sulfonamides is 1. The third-order valence-electron chi connectivity index (χ3n) is 3.28. The van der Waals surface area contributed by atoms with Crippen LogP contribution in [0.1, 0.15) is 18.4 Å². The van der Waals surface area contributed by atoms with Gasteiger partial charge in [-0.3, -0.25) is 4.79 Å². The minimum Gasteiger partial charge on any atom is -0.368 e. The molecule has 1 aromatic rings. The van der Waals surface area contributed by atoms with Crippen LogP contribution in [0.5, 0.6) is 0 Å². The van der Waals surface area contributed by atoms with E-state index in [0.29, 0.717) is 24.4 Å². The molecule has 1 aliphatic rings. The number of carbonyl (C=O) groups excluding carboxylic acids is 1. The van der Waals surface area contributed by atoms with E-state index in [0.717, 1.165) is 9.87 Å². The Kier molecular flexibility index (Phi) is 3.85. The zero-order valence-electron chi connectivity index (χ0n) is 10.5. The van der Waals surface area contributed by atoms with E-state index in [2.05, 4.69) is 0 Å². The number of hydrogen-bond acceptors (Lipinski definition) is 3. The van der Waals surface area contributed by atoms with Gasteiger partial charge in [-0.15, -0.1) is 0 Å². The molecule has 1 aliphatic heterocycles. The summed E-state index contributed by atoms with van der Waals surface area (Å²) in [5.74, 6) is -0.612. The quantitative estimate of drug-likeness (QED) is 0.913. The van der Waals surface area contributed by atoms with Gasteiger partial charge in [0.1, 0.15) is 6.04 Å². The fourth-order valence-electron chi connectivity index (χ4n) is 2.18. The van der Waals surface area contributed by atoms with Gasteiger partial charge in [0.15, 0.2) is 0 Å². The number of carbonyl (C=O) groups is 1. The standard InChI is InChI=1S/C12H15ClN2O3S/c1-8-4-5-9(7-10(8)13)19(17,18)15-6-2-3-11(15)12(14)16/h4-5,7,11H,2-3,6H2,1H3,(H2,14,16). The molecule has 2 rings (SSSR count). The largest absolute Gasteiger partial charge is 0.368 e. The van der Waals surface area contributed by atoms with Crippen LogP contribution in [-0.2, 0) is 14.8 Å². The third-order valence-corrected chi connectivity index (χ3v) is 5.59. The van der Waals surface area contributed by atoms with E-state index < -0.39 is 22.0 Å². The lowest BCUT2D eigenvalue weighted by atomic mass is 10.2. The summed E-state index contributed by atoms with van der Waals surface area (Å²) in [5.41, 5.74) is 6.05. The molecule has 1 saturated heterocycles. The molecule has 1 atom stereocenters. The van der Waals surface area contributed by atoms with Gasteiger partial charge in [-0.2, -0.15) is 4.31 Å². The average Bonchev–Trinajstić information content (AvgIpc) is 2.82. The average molecular weight is 303 g/mol. The summed E-state index contributed by atoms with van der Waals surface area (Å²) in [6.45, 7) is 2.10. The second kappa shape index (κ2) is 5.11. The van der Waals surface area contributed by atoms with E-state index in [1.54, 1.807) is 13.0 Å². The Hall–Kier alpha value is -1.11. The van der Waals surface area contributed by atoms with Crippen LogP contribution in [0.2, 0.25) is 5.02 Å². The van der Waals surface area contributed by atoms with Crippen molar-refractivity contribution in [3.05, 3.63) is 28.8 Å². The Morgan fingerprint density at radius 1 is 1.47 bits per heavy atom. The molecule has 5 nitrogen and oxygen atoms in total. The molecule has 0 saturated carbocycles. The van der Waals surface area contributed by atoms with Gasteiger partial charge in [0.05, 0.1) is 4.90 Å². The number of primary amides is 1. The molecule has 1 fully saturated rings. The van der Waals surface area contributed by atoms with Crippen molar-refractivity contribution in [1.29, 1.82) is 0 Å². The first-order valence-corrected chi connectivity index (χ1v) is 7.73. The summed E-state index contributed by atoms with van der Waals surface area (Å²) in [6, 6.07) is 3.78. The van der Waals surface area contributed by atoms with Gasteiger partial charge in [-0.1, -0.05) is 17.7 Å². The Labute approximate surface area is 117 Å². The highest BCUT2D eigenvalue weighted by Gasteiger charge is 2.38. The number of benzene rings is 1. The maximum absolute atomic E-state index is 12.5. The molecule has 0 aromatic heterocycles. The topological polar surface area (TPSA) is 80.5 Å². The van der Waals surface area contributed by atoms with Crippen molar-refractivity contribution in [3.63, 3.8) is 0 Å². The van der Waals surface area contributed by atoms with E-state index in [1.165, 1.54) is 12.1 Å². The van der Waals surface area contributed by atoms with Crippen molar-refractivity contribution in [3.8, 4) is 0 Å². The van der Waals surface area contributed by atoms with Crippen molar-refractivity contribution >= 4 is 27.5 Å². The van der Waals surface area contributed by atoms with Crippen LogP contribution in [0.4, 0.5) is 0 Å². The normalized spacial score (nSPS) is 20.6. The molecule has 2 N–H and O–H groups in total. The zero-order chi connectivity index (χ0) is 14.2. The summed E-state index contributed by atoms with van der Waals surface area (Å²) >= 11 is 5.95. The molecule has 0 spiro atoms. The molecule has 7 heteroatoms. The van der Waals surface area contributed by atoms with Crippen LogP contribution in [0.3, 0.4) is 0 Å². The molecule has 19 heavy (non-hydrogen) atoms. The lowest BCUT2D eigenvalue weighted by Gasteiger charge is -2.21. The number of rotatable bonds is 3. The molecule has 1 heterocycles. The number of amides is 1. The van der Waals surface area contributed by atoms with Gasteiger partial charge in [-0.25, -0.2) is 8.42 Å². The van der Waals surface area contributed by atoms with E-state index in [4.69, 9.17) is 17.3 Å². The maximum atomic E-state index is 12.5. The van der Waals surface area contributed by atoms with E-state index in [-0.39, 0.29) is 4.90 Å². The number of halogens is 1. The van der Waals surface area contributed by atoms with Crippen LogP contribution in [0.25, 0.3) is 0 Å². The zero-order valence-corrected chi connectivity index (χ0v) is 12.0. The fraction of sp³-hybridized carbons (Fsp3) is 0.417. The lowest BCUT2D eigenvalue weighted by Crippen LogP contribution is -2.43. The van der Waals surface area contributed by atoms with Crippen LogP contribution in [0, 0.1) is 6.92 Å². The number of nitrogens with two attached hydrogens (primary N) is 1.